The average Bonchev–Trinajstić information content (AvgIpc) is 2.16. The molecular formula is C10H12BrNO2. The lowest BCUT2D eigenvalue weighted by molar-refractivity contribution is -0.141. The smallest absolute Gasteiger partial charge is 0.308 e. The summed E-state index contributed by atoms with van der Waals surface area (Å²) < 4.78 is 0.848. The molecule has 4 heteroatoms. The van der Waals surface area contributed by atoms with Gasteiger partial charge in [-0.3, -0.25) is 4.79 Å². The van der Waals surface area contributed by atoms with E-state index in [-0.39, 0.29) is 0 Å². The van der Waals surface area contributed by atoms with Crippen molar-refractivity contribution in [3.05, 3.63) is 34.3 Å². The van der Waals surface area contributed by atoms with Gasteiger partial charge in [0.25, 0.3) is 0 Å². The second kappa shape index (κ2) is 4.57. The molecule has 1 aromatic carbocycles. The zero-order valence-corrected chi connectivity index (χ0v) is 9.36. The summed E-state index contributed by atoms with van der Waals surface area (Å²) in [7, 11) is 0. The van der Waals surface area contributed by atoms with Crippen LogP contribution in [-0.4, -0.2) is 11.1 Å². The van der Waals surface area contributed by atoms with Crippen molar-refractivity contribution in [3.63, 3.8) is 0 Å². The van der Waals surface area contributed by atoms with Crippen LogP contribution in [0.15, 0.2) is 28.7 Å². The quantitative estimate of drug-likeness (QED) is 0.873. The molecule has 2 atom stereocenters. The standard InChI is InChI=1S/C10H12BrNO2/c1-6(10(13)14)9(12)7-4-2-3-5-8(7)11/h2-6,9H,12H2,1H3,(H,13,14). The molecule has 0 radical (unpaired) electrons. The molecule has 0 aliphatic carbocycles. The zero-order valence-electron chi connectivity index (χ0n) is 7.77. The van der Waals surface area contributed by atoms with Gasteiger partial charge in [0.2, 0.25) is 0 Å². The van der Waals surface area contributed by atoms with E-state index >= 15 is 0 Å². The Bertz CT molecular complexity index is 341. The first-order valence-corrected chi connectivity index (χ1v) is 5.06. The largest absolute Gasteiger partial charge is 0.481 e. The van der Waals surface area contributed by atoms with Crippen molar-refractivity contribution in [1.29, 1.82) is 0 Å². The van der Waals surface area contributed by atoms with Gasteiger partial charge in [-0.25, -0.2) is 0 Å². The molecular weight excluding hydrogens is 246 g/mol. The SMILES string of the molecule is CC(C(=O)O)C(N)c1ccccc1Br. The minimum absolute atomic E-state index is 0.483. The highest BCUT2D eigenvalue weighted by Gasteiger charge is 2.22. The first-order valence-electron chi connectivity index (χ1n) is 4.27. The van der Waals surface area contributed by atoms with Gasteiger partial charge >= 0.3 is 5.97 Å². The Hall–Kier alpha value is -0.870. The molecule has 2 unspecified atom stereocenters. The summed E-state index contributed by atoms with van der Waals surface area (Å²) in [6.45, 7) is 1.60. The van der Waals surface area contributed by atoms with Crippen molar-refractivity contribution in [2.24, 2.45) is 11.7 Å². The lowest BCUT2D eigenvalue weighted by atomic mass is 9.96. The number of carboxylic acid groups (broad SMARTS) is 1. The van der Waals surface area contributed by atoms with Crippen LogP contribution < -0.4 is 5.73 Å². The van der Waals surface area contributed by atoms with Gasteiger partial charge in [0.15, 0.2) is 0 Å². The molecule has 3 N–H and O–H groups in total. The number of hydrogen-bond donors (Lipinski definition) is 2. The van der Waals surface area contributed by atoms with E-state index < -0.39 is 17.9 Å². The monoisotopic (exact) mass is 257 g/mol. The maximum atomic E-state index is 10.7. The predicted molar refractivity (Wildman–Crippen MR) is 57.9 cm³/mol. The first-order chi connectivity index (χ1) is 6.54. The van der Waals surface area contributed by atoms with Gasteiger partial charge in [0.05, 0.1) is 5.92 Å². The minimum atomic E-state index is -0.881. The summed E-state index contributed by atoms with van der Waals surface area (Å²) in [5, 5.41) is 8.81. The van der Waals surface area contributed by atoms with Gasteiger partial charge in [-0.1, -0.05) is 41.1 Å². The van der Waals surface area contributed by atoms with E-state index in [2.05, 4.69) is 15.9 Å². The van der Waals surface area contributed by atoms with Crippen molar-refractivity contribution in [1.82, 2.24) is 0 Å². The van der Waals surface area contributed by atoms with E-state index in [0.29, 0.717) is 0 Å². The Morgan fingerprint density at radius 2 is 2.07 bits per heavy atom. The lowest BCUT2D eigenvalue weighted by Crippen LogP contribution is -2.25. The summed E-state index contributed by atoms with van der Waals surface area (Å²) in [6, 6.07) is 6.90. The normalized spacial score (nSPS) is 14.8. The molecule has 0 aromatic heterocycles. The van der Waals surface area contributed by atoms with Crippen molar-refractivity contribution < 1.29 is 9.90 Å². The van der Waals surface area contributed by atoms with E-state index in [9.17, 15) is 4.79 Å². The summed E-state index contributed by atoms with van der Waals surface area (Å²) in [5.74, 6) is -1.47. The average molecular weight is 258 g/mol. The summed E-state index contributed by atoms with van der Waals surface area (Å²) in [5.41, 5.74) is 6.65. The maximum absolute atomic E-state index is 10.7. The van der Waals surface area contributed by atoms with E-state index in [1.54, 1.807) is 6.92 Å². The van der Waals surface area contributed by atoms with Crippen LogP contribution >= 0.6 is 15.9 Å². The maximum Gasteiger partial charge on any atom is 0.308 e. The number of nitrogens with two attached hydrogens (primary N) is 1. The number of hydrogen-bond acceptors (Lipinski definition) is 2. The molecule has 0 saturated carbocycles. The van der Waals surface area contributed by atoms with Crippen molar-refractivity contribution >= 4 is 21.9 Å². The Kier molecular flexibility index (Phi) is 3.66. The van der Waals surface area contributed by atoms with Crippen LogP contribution in [0.3, 0.4) is 0 Å². The van der Waals surface area contributed by atoms with Crippen LogP contribution in [0.5, 0.6) is 0 Å². The van der Waals surface area contributed by atoms with Crippen LogP contribution in [0.4, 0.5) is 0 Å². The number of rotatable bonds is 3. The van der Waals surface area contributed by atoms with Gasteiger partial charge in [0, 0.05) is 10.5 Å². The fourth-order valence-corrected chi connectivity index (χ4v) is 1.72. The number of carboxylic acids is 1. The molecule has 0 saturated heterocycles. The third kappa shape index (κ3) is 2.33. The molecule has 0 bridgehead atoms. The second-order valence-corrected chi connectivity index (χ2v) is 4.03. The summed E-state index contributed by atoms with van der Waals surface area (Å²) in [6.07, 6.45) is 0. The number of carbonyl (C=O) groups is 1. The summed E-state index contributed by atoms with van der Waals surface area (Å²) >= 11 is 3.34. The Labute approximate surface area is 91.1 Å². The third-order valence-corrected chi connectivity index (χ3v) is 2.91. The lowest BCUT2D eigenvalue weighted by Gasteiger charge is -2.17. The molecule has 0 aliphatic rings. The van der Waals surface area contributed by atoms with E-state index in [1.807, 2.05) is 24.3 Å². The second-order valence-electron chi connectivity index (χ2n) is 3.17. The molecule has 0 heterocycles. The topological polar surface area (TPSA) is 63.3 Å². The van der Waals surface area contributed by atoms with Crippen LogP contribution in [0.1, 0.15) is 18.5 Å². The Morgan fingerprint density at radius 3 is 2.57 bits per heavy atom. The fraction of sp³-hybridized carbons (Fsp3) is 0.300. The van der Waals surface area contributed by atoms with E-state index in [0.717, 1.165) is 10.0 Å². The van der Waals surface area contributed by atoms with Gasteiger partial charge in [-0.2, -0.15) is 0 Å². The van der Waals surface area contributed by atoms with E-state index in [4.69, 9.17) is 10.8 Å². The highest BCUT2D eigenvalue weighted by Crippen LogP contribution is 2.26. The zero-order chi connectivity index (χ0) is 10.7. The van der Waals surface area contributed by atoms with Gasteiger partial charge in [-0.15, -0.1) is 0 Å². The van der Waals surface area contributed by atoms with E-state index in [1.165, 1.54) is 0 Å². The summed E-state index contributed by atoms with van der Waals surface area (Å²) in [4.78, 5) is 10.7. The Balaban J connectivity index is 2.94. The highest BCUT2D eigenvalue weighted by atomic mass is 79.9. The molecule has 1 aromatic rings. The predicted octanol–water partition coefficient (Wildman–Crippen LogP) is 2.17. The number of halogens is 1. The third-order valence-electron chi connectivity index (χ3n) is 2.19. The van der Waals surface area contributed by atoms with Gasteiger partial charge in [-0.05, 0) is 11.6 Å². The van der Waals surface area contributed by atoms with Crippen LogP contribution in [0.2, 0.25) is 0 Å². The molecule has 0 amide bonds. The Morgan fingerprint density at radius 1 is 1.50 bits per heavy atom. The molecule has 0 fully saturated rings. The molecule has 1 rings (SSSR count). The van der Waals surface area contributed by atoms with Gasteiger partial charge < -0.3 is 10.8 Å². The molecule has 3 nitrogen and oxygen atoms in total. The number of benzene rings is 1. The van der Waals surface area contributed by atoms with Crippen LogP contribution in [0.25, 0.3) is 0 Å². The van der Waals surface area contributed by atoms with Crippen LogP contribution in [0, 0.1) is 5.92 Å². The fourth-order valence-electron chi connectivity index (χ4n) is 1.17. The van der Waals surface area contributed by atoms with Crippen molar-refractivity contribution in [3.8, 4) is 0 Å². The van der Waals surface area contributed by atoms with Crippen molar-refractivity contribution in [2.75, 3.05) is 0 Å². The van der Waals surface area contributed by atoms with Crippen molar-refractivity contribution in [2.45, 2.75) is 13.0 Å². The number of aliphatic carboxylic acids is 1. The molecule has 0 aliphatic heterocycles. The highest BCUT2D eigenvalue weighted by molar-refractivity contribution is 9.10. The van der Waals surface area contributed by atoms with Crippen LogP contribution in [-0.2, 0) is 4.79 Å². The van der Waals surface area contributed by atoms with Gasteiger partial charge in [0.1, 0.15) is 0 Å². The first kappa shape index (κ1) is 11.2. The molecule has 0 spiro atoms. The molecule has 14 heavy (non-hydrogen) atoms. The molecule has 76 valence electrons. The minimum Gasteiger partial charge on any atom is -0.481 e.